The highest BCUT2D eigenvalue weighted by Crippen LogP contribution is 2.26. The fourth-order valence-corrected chi connectivity index (χ4v) is 2.41. The van der Waals surface area contributed by atoms with Crippen molar-refractivity contribution in [3.8, 4) is 0 Å². The summed E-state index contributed by atoms with van der Waals surface area (Å²) in [6.45, 7) is 5.35. The number of rotatable bonds is 1. The first kappa shape index (κ1) is 16.3. The Labute approximate surface area is 129 Å². The van der Waals surface area contributed by atoms with Crippen LogP contribution in [0, 0.1) is 5.82 Å². The molecular weight excluding hydrogens is 289 g/mol. The van der Waals surface area contributed by atoms with Gasteiger partial charge in [0, 0.05) is 6.42 Å². The van der Waals surface area contributed by atoms with E-state index in [-0.39, 0.29) is 18.8 Å². The molecule has 0 aliphatic carbocycles. The Bertz CT molecular complexity index is 594. The Morgan fingerprint density at radius 2 is 1.95 bits per heavy atom. The molecule has 0 bridgehead atoms. The molecule has 1 aromatic carbocycles. The van der Waals surface area contributed by atoms with Crippen LogP contribution in [0.2, 0.25) is 0 Å². The molecule has 0 N–H and O–H groups in total. The summed E-state index contributed by atoms with van der Waals surface area (Å²) in [4.78, 5) is 25.6. The molecule has 1 aliphatic rings. The lowest BCUT2D eigenvalue weighted by molar-refractivity contribution is -0.147. The second-order valence-electron chi connectivity index (χ2n) is 6.26. The maximum Gasteiger partial charge on any atom is 0.411 e. The normalized spacial score (nSPS) is 17.7. The summed E-state index contributed by atoms with van der Waals surface area (Å²) in [6, 6.07) is 3.58. The number of carbonyl (C=O) groups excluding carboxylic acids is 2. The molecule has 1 aromatic rings. The van der Waals surface area contributed by atoms with E-state index in [1.807, 2.05) is 0 Å². The maximum atomic E-state index is 13.4. The predicted molar refractivity (Wildman–Crippen MR) is 77.7 cm³/mol. The largest absolute Gasteiger partial charge is 0.467 e. The maximum absolute atomic E-state index is 13.4. The van der Waals surface area contributed by atoms with Gasteiger partial charge in [0.2, 0.25) is 0 Å². The molecular formula is C16H20FNO4. The van der Waals surface area contributed by atoms with Gasteiger partial charge in [-0.1, -0.05) is 6.07 Å². The lowest BCUT2D eigenvalue weighted by Gasteiger charge is -2.36. The van der Waals surface area contributed by atoms with Crippen molar-refractivity contribution in [2.45, 2.75) is 45.4 Å². The number of amides is 1. The molecule has 2 rings (SSSR count). The van der Waals surface area contributed by atoms with Crippen LogP contribution in [-0.4, -0.2) is 35.7 Å². The fraction of sp³-hybridized carbons (Fsp3) is 0.500. The third-order valence-corrected chi connectivity index (χ3v) is 3.40. The van der Waals surface area contributed by atoms with Crippen LogP contribution in [0.1, 0.15) is 31.9 Å². The van der Waals surface area contributed by atoms with Gasteiger partial charge < -0.3 is 9.47 Å². The first-order valence-corrected chi connectivity index (χ1v) is 7.06. The van der Waals surface area contributed by atoms with Crippen molar-refractivity contribution in [1.82, 2.24) is 4.90 Å². The smallest absolute Gasteiger partial charge is 0.411 e. The van der Waals surface area contributed by atoms with Crippen molar-refractivity contribution in [3.63, 3.8) is 0 Å². The number of fused-ring (bicyclic) bond motifs is 1. The highest BCUT2D eigenvalue weighted by molar-refractivity contribution is 5.82. The van der Waals surface area contributed by atoms with Crippen LogP contribution in [0.25, 0.3) is 0 Å². The number of benzene rings is 1. The van der Waals surface area contributed by atoms with Gasteiger partial charge in [-0.2, -0.15) is 0 Å². The third-order valence-electron chi connectivity index (χ3n) is 3.40. The summed E-state index contributed by atoms with van der Waals surface area (Å²) >= 11 is 0. The average molecular weight is 309 g/mol. The fourth-order valence-electron chi connectivity index (χ4n) is 2.41. The van der Waals surface area contributed by atoms with Crippen LogP contribution in [-0.2, 0) is 27.2 Å². The van der Waals surface area contributed by atoms with Crippen LogP contribution in [0.5, 0.6) is 0 Å². The number of ether oxygens (including phenoxy) is 2. The second kappa shape index (κ2) is 5.94. The van der Waals surface area contributed by atoms with Crippen molar-refractivity contribution >= 4 is 12.1 Å². The molecule has 22 heavy (non-hydrogen) atoms. The topological polar surface area (TPSA) is 55.8 Å². The average Bonchev–Trinajstić information content (AvgIpc) is 2.43. The monoisotopic (exact) mass is 309 g/mol. The van der Waals surface area contributed by atoms with Gasteiger partial charge in [-0.05, 0) is 44.0 Å². The van der Waals surface area contributed by atoms with Crippen LogP contribution < -0.4 is 0 Å². The number of hydrogen-bond donors (Lipinski definition) is 0. The van der Waals surface area contributed by atoms with Gasteiger partial charge in [-0.25, -0.2) is 14.0 Å². The molecule has 1 heterocycles. The lowest BCUT2D eigenvalue weighted by Crippen LogP contribution is -2.50. The van der Waals surface area contributed by atoms with E-state index in [2.05, 4.69) is 0 Å². The van der Waals surface area contributed by atoms with E-state index >= 15 is 0 Å². The summed E-state index contributed by atoms with van der Waals surface area (Å²) in [7, 11) is 1.27. The molecule has 6 heteroatoms. The zero-order valence-corrected chi connectivity index (χ0v) is 13.2. The summed E-state index contributed by atoms with van der Waals surface area (Å²) in [5.74, 6) is -0.889. The zero-order chi connectivity index (χ0) is 16.5. The lowest BCUT2D eigenvalue weighted by atomic mass is 9.94. The highest BCUT2D eigenvalue weighted by Gasteiger charge is 2.37. The van der Waals surface area contributed by atoms with E-state index in [1.165, 1.54) is 24.1 Å². The van der Waals surface area contributed by atoms with Gasteiger partial charge in [-0.15, -0.1) is 0 Å². The minimum absolute atomic E-state index is 0.113. The Balaban J connectivity index is 2.32. The van der Waals surface area contributed by atoms with Crippen LogP contribution in [0.3, 0.4) is 0 Å². The van der Waals surface area contributed by atoms with E-state index in [4.69, 9.17) is 9.47 Å². The Hall–Kier alpha value is -2.11. The van der Waals surface area contributed by atoms with Gasteiger partial charge in [0.25, 0.3) is 0 Å². The number of halogens is 1. The van der Waals surface area contributed by atoms with E-state index in [1.54, 1.807) is 26.8 Å². The molecule has 0 radical (unpaired) electrons. The first-order valence-electron chi connectivity index (χ1n) is 7.06. The molecule has 0 spiro atoms. The van der Waals surface area contributed by atoms with Gasteiger partial charge >= 0.3 is 12.1 Å². The molecule has 5 nitrogen and oxygen atoms in total. The summed E-state index contributed by atoms with van der Waals surface area (Å²) in [5.41, 5.74) is 0.822. The van der Waals surface area contributed by atoms with Crippen LogP contribution >= 0.6 is 0 Å². The van der Waals surface area contributed by atoms with E-state index in [0.717, 1.165) is 5.56 Å². The number of nitrogens with zero attached hydrogens (tertiary/aromatic N) is 1. The summed E-state index contributed by atoms with van der Waals surface area (Å²) in [6.07, 6.45) is -0.334. The minimum Gasteiger partial charge on any atom is -0.467 e. The highest BCUT2D eigenvalue weighted by atomic mass is 19.1. The van der Waals surface area contributed by atoms with Gasteiger partial charge in [-0.3, -0.25) is 4.90 Å². The van der Waals surface area contributed by atoms with Crippen molar-refractivity contribution in [3.05, 3.63) is 35.1 Å². The molecule has 0 saturated carbocycles. The van der Waals surface area contributed by atoms with E-state index in [0.29, 0.717) is 5.56 Å². The molecule has 120 valence electrons. The van der Waals surface area contributed by atoms with E-state index < -0.39 is 23.7 Å². The standard InChI is InChI=1S/C16H20FNO4/c1-16(2,3)22-15(20)18-9-11-7-12(17)6-5-10(11)8-13(18)14(19)21-4/h5-7,13H,8-9H2,1-4H3. The van der Waals surface area contributed by atoms with Crippen LogP contribution in [0.4, 0.5) is 9.18 Å². The number of hydrogen-bond acceptors (Lipinski definition) is 4. The molecule has 1 unspecified atom stereocenters. The minimum atomic E-state index is -0.766. The zero-order valence-electron chi connectivity index (χ0n) is 13.2. The van der Waals surface area contributed by atoms with Gasteiger partial charge in [0.1, 0.15) is 17.5 Å². The summed E-state index contributed by atoms with van der Waals surface area (Å²) < 4.78 is 23.5. The predicted octanol–water partition coefficient (Wildman–Crippen LogP) is 2.66. The quantitative estimate of drug-likeness (QED) is 0.748. The van der Waals surface area contributed by atoms with E-state index in [9.17, 15) is 14.0 Å². The first-order chi connectivity index (χ1) is 10.2. The Morgan fingerprint density at radius 3 is 2.55 bits per heavy atom. The van der Waals surface area contributed by atoms with Gasteiger partial charge in [0.15, 0.2) is 0 Å². The SMILES string of the molecule is COC(=O)C1Cc2ccc(F)cc2CN1C(=O)OC(C)(C)C. The Morgan fingerprint density at radius 1 is 1.27 bits per heavy atom. The number of esters is 1. The number of methoxy groups -OCH3 is 1. The van der Waals surface area contributed by atoms with Crippen molar-refractivity contribution in [2.24, 2.45) is 0 Å². The summed E-state index contributed by atoms with van der Waals surface area (Å²) in [5, 5.41) is 0. The van der Waals surface area contributed by atoms with Crippen molar-refractivity contribution < 1.29 is 23.5 Å². The molecule has 0 aromatic heterocycles. The van der Waals surface area contributed by atoms with Crippen LogP contribution in [0.15, 0.2) is 18.2 Å². The number of carbonyl (C=O) groups is 2. The van der Waals surface area contributed by atoms with Crippen molar-refractivity contribution in [1.29, 1.82) is 0 Å². The molecule has 1 amide bonds. The second-order valence-corrected chi connectivity index (χ2v) is 6.26. The molecule has 1 aliphatic heterocycles. The molecule has 0 fully saturated rings. The third kappa shape index (κ3) is 3.55. The van der Waals surface area contributed by atoms with Gasteiger partial charge in [0.05, 0.1) is 13.7 Å². The Kier molecular flexibility index (Phi) is 4.39. The molecule has 1 atom stereocenters. The van der Waals surface area contributed by atoms with Crippen molar-refractivity contribution in [2.75, 3.05) is 7.11 Å². The molecule has 0 saturated heterocycles.